The number of aromatic amines is 1. The van der Waals surface area contributed by atoms with Crippen LogP contribution in [0.5, 0.6) is 0 Å². The van der Waals surface area contributed by atoms with Crippen molar-refractivity contribution >= 4 is 5.91 Å². The van der Waals surface area contributed by atoms with E-state index in [1.165, 1.54) is 69.9 Å². The molecule has 0 saturated heterocycles. The van der Waals surface area contributed by atoms with Crippen molar-refractivity contribution < 1.29 is 9.18 Å². The van der Waals surface area contributed by atoms with Crippen molar-refractivity contribution in [2.75, 3.05) is 6.54 Å². The molecular weight excluding hydrogens is 429 g/mol. The van der Waals surface area contributed by atoms with Gasteiger partial charge in [-0.3, -0.25) is 9.59 Å². The maximum atomic E-state index is 13.4. The van der Waals surface area contributed by atoms with E-state index in [-0.39, 0.29) is 17.3 Å². The molecule has 0 aliphatic carbocycles. The molecule has 0 fully saturated rings. The van der Waals surface area contributed by atoms with Crippen molar-refractivity contribution in [3.63, 3.8) is 0 Å². The van der Waals surface area contributed by atoms with Gasteiger partial charge in [-0.25, -0.2) is 9.37 Å². The molecule has 1 N–H and O–H groups in total. The molecule has 2 aromatic rings. The fourth-order valence-corrected chi connectivity index (χ4v) is 4.71. The Morgan fingerprint density at radius 3 is 2.38 bits per heavy atom. The summed E-state index contributed by atoms with van der Waals surface area (Å²) in [7, 11) is 0. The lowest BCUT2D eigenvalue weighted by molar-refractivity contribution is -0.132. The molecule has 0 spiro atoms. The number of aromatic nitrogens is 2. The van der Waals surface area contributed by atoms with E-state index in [0.29, 0.717) is 43.7 Å². The van der Waals surface area contributed by atoms with Gasteiger partial charge in [0.05, 0.1) is 17.8 Å². The van der Waals surface area contributed by atoms with Gasteiger partial charge >= 0.3 is 0 Å². The fourth-order valence-electron chi connectivity index (χ4n) is 4.71. The van der Waals surface area contributed by atoms with E-state index < -0.39 is 0 Å². The van der Waals surface area contributed by atoms with Crippen molar-refractivity contribution in [2.24, 2.45) is 0 Å². The number of hydrogen-bond donors (Lipinski definition) is 1. The third kappa shape index (κ3) is 8.37. The largest absolute Gasteiger partial charge is 0.338 e. The first kappa shape index (κ1) is 26.1. The molecule has 1 amide bonds. The topological polar surface area (TPSA) is 66.1 Å². The molecule has 1 aliphatic heterocycles. The molecule has 0 unspecified atom stereocenters. The normalized spacial score (nSPS) is 13.2. The second-order valence-corrected chi connectivity index (χ2v) is 9.60. The number of carbonyl (C=O) groups excluding carboxylic acids is 1. The van der Waals surface area contributed by atoms with E-state index in [9.17, 15) is 14.0 Å². The first-order valence-electron chi connectivity index (χ1n) is 13.2. The van der Waals surface area contributed by atoms with E-state index in [2.05, 4.69) is 16.9 Å². The van der Waals surface area contributed by atoms with Crippen LogP contribution in [0.2, 0.25) is 0 Å². The van der Waals surface area contributed by atoms with Crippen LogP contribution in [0.1, 0.15) is 107 Å². The van der Waals surface area contributed by atoms with E-state index in [1.54, 1.807) is 11.0 Å². The number of halogens is 1. The lowest BCUT2D eigenvalue weighted by Gasteiger charge is -2.28. The average molecular weight is 470 g/mol. The molecule has 1 aromatic heterocycles. The summed E-state index contributed by atoms with van der Waals surface area (Å²) in [6, 6.07) is 6.32. The van der Waals surface area contributed by atoms with Gasteiger partial charge in [0.15, 0.2) is 0 Å². The first-order chi connectivity index (χ1) is 16.6. The van der Waals surface area contributed by atoms with Crippen LogP contribution in [0.25, 0.3) is 0 Å². The number of amides is 1. The Kier molecular flexibility index (Phi) is 10.8. The molecule has 1 aromatic carbocycles. The Labute approximate surface area is 203 Å². The highest BCUT2D eigenvalue weighted by molar-refractivity contribution is 5.76. The minimum atomic E-state index is -0.301. The summed E-state index contributed by atoms with van der Waals surface area (Å²) in [5.74, 6) is 0.365. The van der Waals surface area contributed by atoms with Gasteiger partial charge in [0, 0.05) is 25.8 Å². The molecule has 5 nitrogen and oxygen atoms in total. The summed E-state index contributed by atoms with van der Waals surface area (Å²) in [4.78, 5) is 34.6. The summed E-state index contributed by atoms with van der Waals surface area (Å²) < 4.78 is 13.4. The SMILES string of the molecule is CCCCCCCCCCCCCC(=O)N1CCc2nc(Cc3cccc(F)c3)[nH]c(=O)c2C1. The van der Waals surface area contributed by atoms with Gasteiger partial charge < -0.3 is 9.88 Å². The molecule has 0 radical (unpaired) electrons. The summed E-state index contributed by atoms with van der Waals surface area (Å²) >= 11 is 0. The van der Waals surface area contributed by atoms with Crippen LogP contribution in [0.4, 0.5) is 4.39 Å². The van der Waals surface area contributed by atoms with Crippen LogP contribution in [0.3, 0.4) is 0 Å². The van der Waals surface area contributed by atoms with E-state index in [1.807, 2.05) is 6.07 Å². The van der Waals surface area contributed by atoms with Gasteiger partial charge in [-0.2, -0.15) is 0 Å². The van der Waals surface area contributed by atoms with Crippen LogP contribution >= 0.6 is 0 Å². The number of carbonyl (C=O) groups is 1. The van der Waals surface area contributed by atoms with Crippen molar-refractivity contribution in [3.8, 4) is 0 Å². The number of unbranched alkanes of at least 4 members (excludes halogenated alkanes) is 10. The maximum Gasteiger partial charge on any atom is 0.256 e. The summed E-state index contributed by atoms with van der Waals surface area (Å²) in [6.45, 7) is 3.17. The third-order valence-corrected chi connectivity index (χ3v) is 6.73. The van der Waals surface area contributed by atoms with E-state index >= 15 is 0 Å². The van der Waals surface area contributed by atoms with Crippen molar-refractivity contribution in [1.29, 1.82) is 0 Å². The Morgan fingerprint density at radius 1 is 1.03 bits per heavy atom. The van der Waals surface area contributed by atoms with Gasteiger partial charge in [0.1, 0.15) is 11.6 Å². The van der Waals surface area contributed by atoms with E-state index in [0.717, 1.165) is 24.1 Å². The highest BCUT2D eigenvalue weighted by Gasteiger charge is 2.24. The van der Waals surface area contributed by atoms with Gasteiger partial charge in [-0.05, 0) is 24.1 Å². The van der Waals surface area contributed by atoms with Crippen molar-refractivity contribution in [2.45, 2.75) is 103 Å². The van der Waals surface area contributed by atoms with Crippen molar-refractivity contribution in [1.82, 2.24) is 14.9 Å². The van der Waals surface area contributed by atoms with E-state index in [4.69, 9.17) is 0 Å². The number of nitrogens with one attached hydrogen (secondary N) is 1. The minimum absolute atomic E-state index is 0.129. The molecule has 0 atom stereocenters. The van der Waals surface area contributed by atoms with Gasteiger partial charge in [0.25, 0.3) is 5.56 Å². The zero-order chi connectivity index (χ0) is 24.2. The van der Waals surface area contributed by atoms with Crippen LogP contribution in [0.15, 0.2) is 29.1 Å². The number of rotatable bonds is 14. The summed E-state index contributed by atoms with van der Waals surface area (Å²) in [6.07, 6.45) is 15.4. The molecule has 1 aliphatic rings. The van der Waals surface area contributed by atoms with Crippen LogP contribution in [-0.4, -0.2) is 27.3 Å². The van der Waals surface area contributed by atoms with Crippen LogP contribution < -0.4 is 5.56 Å². The Balaban J connectivity index is 1.37. The number of H-pyrrole nitrogens is 1. The molecule has 186 valence electrons. The van der Waals surface area contributed by atoms with Gasteiger partial charge in [0.2, 0.25) is 5.91 Å². The number of nitrogens with zero attached hydrogens (tertiary/aromatic N) is 2. The fraction of sp³-hybridized carbons (Fsp3) is 0.607. The first-order valence-corrected chi connectivity index (χ1v) is 13.2. The summed E-state index contributed by atoms with van der Waals surface area (Å²) in [5.41, 5.74) is 1.92. The molecule has 0 bridgehead atoms. The molecule has 34 heavy (non-hydrogen) atoms. The molecule has 2 heterocycles. The van der Waals surface area contributed by atoms with Crippen LogP contribution in [-0.2, 0) is 24.2 Å². The van der Waals surface area contributed by atoms with Gasteiger partial charge in [-0.1, -0.05) is 83.3 Å². The van der Waals surface area contributed by atoms with Gasteiger partial charge in [-0.15, -0.1) is 0 Å². The standard InChI is InChI=1S/C28H40FN3O2/c1-2-3-4-5-6-7-8-9-10-11-12-16-27(33)32-18-17-25-24(21-32)28(34)31-26(30-25)20-22-14-13-15-23(29)19-22/h13-15,19H,2-12,16-18,20-21H2,1H3,(H,30,31,34). The zero-order valence-electron chi connectivity index (χ0n) is 20.7. The second-order valence-electron chi connectivity index (χ2n) is 9.60. The van der Waals surface area contributed by atoms with Crippen molar-refractivity contribution in [3.05, 3.63) is 63.1 Å². The molecule has 0 saturated carbocycles. The number of hydrogen-bond acceptors (Lipinski definition) is 3. The smallest absolute Gasteiger partial charge is 0.256 e. The molecule has 6 heteroatoms. The lowest BCUT2D eigenvalue weighted by atomic mass is 10.0. The highest BCUT2D eigenvalue weighted by Crippen LogP contribution is 2.18. The third-order valence-electron chi connectivity index (χ3n) is 6.73. The lowest BCUT2D eigenvalue weighted by Crippen LogP contribution is -2.39. The van der Waals surface area contributed by atoms with Crippen LogP contribution in [0, 0.1) is 5.82 Å². The second kappa shape index (κ2) is 14.0. The molecular formula is C28H40FN3O2. The predicted molar refractivity (Wildman–Crippen MR) is 134 cm³/mol. The minimum Gasteiger partial charge on any atom is -0.338 e. The Bertz CT molecular complexity index is 972. The highest BCUT2D eigenvalue weighted by atomic mass is 19.1. The Morgan fingerprint density at radius 2 is 1.71 bits per heavy atom. The molecule has 3 rings (SSSR count). The predicted octanol–water partition coefficient (Wildman–Crippen LogP) is 6.09. The Hall–Kier alpha value is -2.50. The monoisotopic (exact) mass is 469 g/mol. The quantitative estimate of drug-likeness (QED) is 0.341. The maximum absolute atomic E-state index is 13.4. The summed E-state index contributed by atoms with van der Waals surface area (Å²) in [5, 5.41) is 0. The number of fused-ring (bicyclic) bond motifs is 1. The average Bonchev–Trinajstić information content (AvgIpc) is 2.82. The number of benzene rings is 1. The zero-order valence-corrected chi connectivity index (χ0v) is 20.7.